The number of alkyl halides is 7. The van der Waals surface area contributed by atoms with Gasteiger partial charge < -0.3 is 4.74 Å². The standard InChI is InChI=1S/C35H27F11O2/c1-2-3-4-19-5-6-24-14-23(12-11-22(24)13-19)20-7-9-21(10-8-20)25-15-27(36)31(28(37)16-25)33(40,41)47-26-17-29(38)32(30(39)18-26)34(42,43)48-35(44,45)46/h2,5-6,11-18,20-21H,1,3-4,7-10H2. The van der Waals surface area contributed by atoms with Crippen molar-refractivity contribution in [3.8, 4) is 5.75 Å². The minimum absolute atomic E-state index is 0.113. The Labute approximate surface area is 267 Å². The quantitative estimate of drug-likeness (QED) is 0.122. The third kappa shape index (κ3) is 7.77. The van der Waals surface area contributed by atoms with E-state index >= 15 is 8.78 Å². The topological polar surface area (TPSA) is 18.5 Å². The zero-order valence-electron chi connectivity index (χ0n) is 24.9. The molecule has 0 atom stereocenters. The Bertz CT molecular complexity index is 1760. The fourth-order valence-corrected chi connectivity index (χ4v) is 6.14. The summed E-state index contributed by atoms with van der Waals surface area (Å²) in [6, 6.07) is 13.3. The summed E-state index contributed by atoms with van der Waals surface area (Å²) in [5.74, 6) is -10.1. The van der Waals surface area contributed by atoms with E-state index in [2.05, 4.69) is 46.4 Å². The molecule has 0 bridgehead atoms. The van der Waals surface area contributed by atoms with Crippen molar-refractivity contribution in [2.24, 2.45) is 0 Å². The molecule has 0 heterocycles. The van der Waals surface area contributed by atoms with E-state index in [1.807, 2.05) is 12.1 Å². The van der Waals surface area contributed by atoms with Crippen LogP contribution in [0.3, 0.4) is 0 Å². The normalized spacial score (nSPS) is 17.5. The van der Waals surface area contributed by atoms with Crippen LogP contribution in [0, 0.1) is 23.3 Å². The Hall–Kier alpha value is -4.13. The summed E-state index contributed by atoms with van der Waals surface area (Å²) in [5, 5.41) is 2.18. The molecule has 1 saturated carbocycles. The smallest absolute Gasteiger partial charge is 0.429 e. The van der Waals surface area contributed by atoms with Crippen LogP contribution in [0.1, 0.15) is 71.8 Å². The van der Waals surface area contributed by atoms with Crippen LogP contribution in [-0.4, -0.2) is 6.36 Å². The average Bonchev–Trinajstić information content (AvgIpc) is 2.97. The van der Waals surface area contributed by atoms with Crippen LogP contribution >= 0.6 is 0 Å². The summed E-state index contributed by atoms with van der Waals surface area (Å²) >= 11 is 0. The van der Waals surface area contributed by atoms with E-state index in [4.69, 9.17) is 0 Å². The van der Waals surface area contributed by atoms with E-state index in [9.17, 15) is 39.5 Å². The van der Waals surface area contributed by atoms with Gasteiger partial charge in [-0.25, -0.2) is 22.3 Å². The van der Waals surface area contributed by atoms with E-state index in [0.717, 1.165) is 29.2 Å². The fourth-order valence-electron chi connectivity index (χ4n) is 6.14. The maximum atomic E-state index is 15.0. The maximum Gasteiger partial charge on any atom is 0.527 e. The zero-order valence-corrected chi connectivity index (χ0v) is 24.9. The molecule has 0 N–H and O–H groups in total. The lowest BCUT2D eigenvalue weighted by molar-refractivity contribution is -0.432. The molecule has 4 aromatic carbocycles. The van der Waals surface area contributed by atoms with Crippen LogP contribution in [0.25, 0.3) is 10.8 Å². The molecular formula is C35H27F11O2. The van der Waals surface area contributed by atoms with Crippen molar-refractivity contribution in [2.75, 3.05) is 0 Å². The van der Waals surface area contributed by atoms with Crippen molar-refractivity contribution in [1.29, 1.82) is 0 Å². The molecule has 0 saturated heterocycles. The van der Waals surface area contributed by atoms with Gasteiger partial charge in [-0.1, -0.05) is 42.5 Å². The maximum absolute atomic E-state index is 15.0. The minimum Gasteiger partial charge on any atom is -0.429 e. The molecule has 0 radical (unpaired) electrons. The molecule has 1 aliphatic carbocycles. The molecule has 48 heavy (non-hydrogen) atoms. The molecule has 1 fully saturated rings. The van der Waals surface area contributed by atoms with E-state index in [1.54, 1.807) is 0 Å². The summed E-state index contributed by atoms with van der Waals surface area (Å²) in [6.07, 6.45) is -10.6. The molecule has 0 aliphatic heterocycles. The molecule has 13 heteroatoms. The van der Waals surface area contributed by atoms with Gasteiger partial charge in [0.15, 0.2) is 0 Å². The molecular weight excluding hydrogens is 661 g/mol. The van der Waals surface area contributed by atoms with Gasteiger partial charge in [-0.05, 0) is 90.0 Å². The second-order valence-electron chi connectivity index (χ2n) is 11.6. The lowest BCUT2D eigenvalue weighted by Gasteiger charge is -2.30. The van der Waals surface area contributed by atoms with E-state index < -0.39 is 58.7 Å². The van der Waals surface area contributed by atoms with Crippen LogP contribution in [0.2, 0.25) is 0 Å². The Morgan fingerprint density at radius 2 is 1.12 bits per heavy atom. The molecule has 1 aliphatic rings. The van der Waals surface area contributed by atoms with Crippen LogP contribution in [-0.2, 0) is 23.4 Å². The number of fused-ring (bicyclic) bond motifs is 1. The van der Waals surface area contributed by atoms with Crippen molar-refractivity contribution in [3.05, 3.63) is 124 Å². The molecule has 4 aromatic rings. The minimum atomic E-state index is -6.02. The second kappa shape index (κ2) is 13.4. The van der Waals surface area contributed by atoms with Gasteiger partial charge in [-0.15, -0.1) is 19.8 Å². The first kappa shape index (κ1) is 35.2. The Balaban J connectivity index is 1.28. The third-order valence-corrected chi connectivity index (χ3v) is 8.39. The van der Waals surface area contributed by atoms with Gasteiger partial charge in [0.1, 0.15) is 40.1 Å². The van der Waals surface area contributed by atoms with Crippen molar-refractivity contribution in [1.82, 2.24) is 0 Å². The molecule has 0 spiro atoms. The predicted octanol–water partition coefficient (Wildman–Crippen LogP) is 11.7. The largest absolute Gasteiger partial charge is 0.527 e. The number of ether oxygens (including phenoxy) is 2. The molecule has 256 valence electrons. The SMILES string of the molecule is C=CCCc1ccc2cc(C3CCC(c4cc(F)c(C(F)(F)Oc5cc(F)c(C(F)(F)OC(F)(F)F)c(F)c5)c(F)c4)CC3)ccc2c1. The Morgan fingerprint density at radius 3 is 1.69 bits per heavy atom. The third-order valence-electron chi connectivity index (χ3n) is 8.39. The molecule has 0 amide bonds. The van der Waals surface area contributed by atoms with Gasteiger partial charge in [-0.3, -0.25) is 0 Å². The number of hydrogen-bond acceptors (Lipinski definition) is 2. The van der Waals surface area contributed by atoms with Crippen LogP contribution in [0.4, 0.5) is 48.3 Å². The predicted molar refractivity (Wildman–Crippen MR) is 155 cm³/mol. The number of aryl methyl sites for hydroxylation is 1. The van der Waals surface area contributed by atoms with Crippen LogP contribution < -0.4 is 4.74 Å². The van der Waals surface area contributed by atoms with Gasteiger partial charge in [0.05, 0.1) is 0 Å². The summed E-state index contributed by atoms with van der Waals surface area (Å²) in [7, 11) is 0. The summed E-state index contributed by atoms with van der Waals surface area (Å²) in [6.45, 7) is 3.74. The van der Waals surface area contributed by atoms with Gasteiger partial charge in [0.2, 0.25) is 0 Å². The van der Waals surface area contributed by atoms with Crippen molar-refractivity contribution < 1.29 is 57.8 Å². The first-order valence-electron chi connectivity index (χ1n) is 14.8. The first-order valence-corrected chi connectivity index (χ1v) is 14.8. The number of halogens is 11. The van der Waals surface area contributed by atoms with E-state index in [0.29, 0.717) is 37.8 Å². The van der Waals surface area contributed by atoms with Crippen LogP contribution in [0.15, 0.2) is 73.3 Å². The van der Waals surface area contributed by atoms with Crippen molar-refractivity contribution in [3.63, 3.8) is 0 Å². The lowest BCUT2D eigenvalue weighted by Crippen LogP contribution is -2.30. The monoisotopic (exact) mass is 688 g/mol. The van der Waals surface area contributed by atoms with E-state index in [-0.39, 0.29) is 29.5 Å². The Kier molecular flexibility index (Phi) is 9.83. The molecule has 0 unspecified atom stereocenters. The van der Waals surface area contributed by atoms with Gasteiger partial charge >= 0.3 is 18.6 Å². The Morgan fingerprint density at radius 1 is 0.625 bits per heavy atom. The summed E-state index contributed by atoms with van der Waals surface area (Å²) < 4.78 is 159. The van der Waals surface area contributed by atoms with Crippen molar-refractivity contribution in [2.45, 2.75) is 68.9 Å². The van der Waals surface area contributed by atoms with Gasteiger partial charge in [0.25, 0.3) is 0 Å². The highest BCUT2D eigenvalue weighted by Crippen LogP contribution is 2.44. The van der Waals surface area contributed by atoms with Crippen LogP contribution in [0.5, 0.6) is 5.75 Å². The fraction of sp³-hybridized carbons (Fsp3) is 0.314. The van der Waals surface area contributed by atoms with E-state index in [1.165, 1.54) is 5.56 Å². The van der Waals surface area contributed by atoms with Gasteiger partial charge in [-0.2, -0.15) is 17.6 Å². The summed E-state index contributed by atoms with van der Waals surface area (Å²) in [4.78, 5) is 0. The molecule has 0 aromatic heterocycles. The highest BCUT2D eigenvalue weighted by molar-refractivity contribution is 5.84. The lowest BCUT2D eigenvalue weighted by atomic mass is 9.76. The second-order valence-corrected chi connectivity index (χ2v) is 11.6. The number of allylic oxidation sites excluding steroid dienone is 1. The molecule has 2 nitrogen and oxygen atoms in total. The highest BCUT2D eigenvalue weighted by Gasteiger charge is 2.50. The molecule has 5 rings (SSSR count). The summed E-state index contributed by atoms with van der Waals surface area (Å²) in [5.41, 5.74) is -2.03. The van der Waals surface area contributed by atoms with Crippen molar-refractivity contribution >= 4 is 10.8 Å². The number of hydrogen-bond donors (Lipinski definition) is 0. The number of benzene rings is 4. The number of rotatable bonds is 10. The average molecular weight is 689 g/mol. The van der Waals surface area contributed by atoms with Gasteiger partial charge in [0, 0.05) is 12.1 Å². The first-order chi connectivity index (χ1) is 22.5. The highest BCUT2D eigenvalue weighted by atomic mass is 19.4. The zero-order chi connectivity index (χ0) is 35.0.